The first kappa shape index (κ1) is 24.9. The fraction of sp³-hybridized carbons (Fsp3) is 0.368. The van der Waals surface area contributed by atoms with E-state index >= 15 is 0 Å². The molecule has 0 aliphatic carbocycles. The highest BCUT2D eigenvalue weighted by Gasteiger charge is 2.42. The number of hydrogen-bond acceptors (Lipinski definition) is 5. The van der Waals surface area contributed by atoms with Gasteiger partial charge in [0, 0.05) is 10.9 Å². The summed E-state index contributed by atoms with van der Waals surface area (Å²) in [6.07, 6.45) is -11.6. The Morgan fingerprint density at radius 3 is 2.03 bits per heavy atom. The molecule has 0 saturated carbocycles. The molecular weight excluding hydrogens is 448 g/mol. The van der Waals surface area contributed by atoms with Crippen LogP contribution in [0.4, 0.5) is 31.1 Å². The molecule has 32 heavy (non-hydrogen) atoms. The lowest BCUT2D eigenvalue weighted by molar-refractivity contribution is -0.136. The van der Waals surface area contributed by atoms with Crippen LogP contribution in [0.1, 0.15) is 52.7 Å². The normalized spacial score (nSPS) is 12.4. The molecule has 1 aromatic carbocycles. The van der Waals surface area contributed by atoms with Gasteiger partial charge in [0.25, 0.3) is 11.7 Å². The lowest BCUT2D eigenvalue weighted by atomic mass is 9.98. The average molecular weight is 465 g/mol. The van der Waals surface area contributed by atoms with Crippen LogP contribution in [0, 0.1) is 6.92 Å². The Hall–Kier alpha value is -3.38. The molecule has 0 atom stereocenters. The van der Waals surface area contributed by atoms with Crippen LogP contribution in [-0.4, -0.2) is 34.5 Å². The largest absolute Gasteiger partial charge is 0.454 e. The standard InChI is InChI=1S/C19H17F6N3O4/c1-8-5-12(15(30)27-28-16(31)32-17(2,3)4)26-13-10(8)6-9(14(29)19(23,24)25)7-11(13)18(20,21)22/h5-7H,1-4H3,(H,27,30)(H,28,31). The number of halogens is 6. The molecule has 2 rings (SSSR count). The summed E-state index contributed by atoms with van der Waals surface area (Å²) in [5, 5.41) is -0.399. The van der Waals surface area contributed by atoms with Crippen molar-refractivity contribution in [2.45, 2.75) is 45.6 Å². The van der Waals surface area contributed by atoms with E-state index in [9.17, 15) is 40.7 Å². The number of nitrogens with one attached hydrogen (secondary N) is 2. The zero-order valence-corrected chi connectivity index (χ0v) is 17.1. The number of amides is 2. The maximum absolute atomic E-state index is 13.5. The number of carbonyl (C=O) groups excluding carboxylic acids is 3. The van der Waals surface area contributed by atoms with E-state index in [0.717, 1.165) is 6.07 Å². The monoisotopic (exact) mass is 465 g/mol. The average Bonchev–Trinajstić information content (AvgIpc) is 2.61. The van der Waals surface area contributed by atoms with Gasteiger partial charge in [-0.2, -0.15) is 26.3 Å². The number of hydrogen-bond donors (Lipinski definition) is 2. The molecule has 0 spiro atoms. The molecule has 2 aromatic rings. The Bertz CT molecular complexity index is 1090. The van der Waals surface area contributed by atoms with Gasteiger partial charge < -0.3 is 4.74 Å². The molecule has 0 saturated heterocycles. The van der Waals surface area contributed by atoms with Crippen molar-refractivity contribution in [3.05, 3.63) is 40.6 Å². The van der Waals surface area contributed by atoms with Gasteiger partial charge in [0.1, 0.15) is 11.3 Å². The molecule has 0 unspecified atom stereocenters. The van der Waals surface area contributed by atoms with Gasteiger partial charge in [-0.25, -0.2) is 15.2 Å². The predicted octanol–water partition coefficient (Wildman–Crippen LogP) is 4.48. The van der Waals surface area contributed by atoms with Gasteiger partial charge in [-0.05, 0) is 51.5 Å². The van der Waals surface area contributed by atoms with Crippen LogP contribution in [0.2, 0.25) is 0 Å². The Labute approximate surface area is 177 Å². The molecule has 1 aromatic heterocycles. The second-order valence-electron chi connectivity index (χ2n) is 7.65. The summed E-state index contributed by atoms with van der Waals surface area (Å²) < 4.78 is 83.7. The second-order valence-corrected chi connectivity index (χ2v) is 7.65. The maximum atomic E-state index is 13.5. The van der Waals surface area contributed by atoms with Crippen molar-refractivity contribution in [1.29, 1.82) is 0 Å². The fourth-order valence-electron chi connectivity index (χ4n) is 2.59. The highest BCUT2D eigenvalue weighted by atomic mass is 19.4. The van der Waals surface area contributed by atoms with Gasteiger partial charge in [-0.15, -0.1) is 0 Å². The van der Waals surface area contributed by atoms with Crippen LogP contribution in [-0.2, 0) is 10.9 Å². The molecule has 174 valence electrons. The summed E-state index contributed by atoms with van der Waals surface area (Å²) in [5.41, 5.74) is -1.38. The summed E-state index contributed by atoms with van der Waals surface area (Å²) in [5.74, 6) is -3.56. The number of benzene rings is 1. The van der Waals surface area contributed by atoms with Crippen LogP contribution in [0.25, 0.3) is 10.9 Å². The van der Waals surface area contributed by atoms with Crippen molar-refractivity contribution in [2.75, 3.05) is 0 Å². The summed E-state index contributed by atoms with van der Waals surface area (Å²) in [6.45, 7) is 5.89. The number of aryl methyl sites for hydroxylation is 1. The molecule has 2 amide bonds. The molecule has 1 heterocycles. The van der Waals surface area contributed by atoms with Crippen molar-refractivity contribution in [3.63, 3.8) is 0 Å². The zero-order chi connectivity index (χ0) is 24.6. The van der Waals surface area contributed by atoms with E-state index < -0.39 is 63.5 Å². The Balaban J connectivity index is 2.51. The van der Waals surface area contributed by atoms with Crippen molar-refractivity contribution >= 4 is 28.7 Å². The van der Waals surface area contributed by atoms with E-state index in [-0.39, 0.29) is 11.6 Å². The van der Waals surface area contributed by atoms with E-state index in [2.05, 4.69) is 4.98 Å². The van der Waals surface area contributed by atoms with Crippen LogP contribution in [0.5, 0.6) is 0 Å². The number of nitrogens with zero attached hydrogens (tertiary/aromatic N) is 1. The van der Waals surface area contributed by atoms with Gasteiger partial charge in [0.15, 0.2) is 0 Å². The number of ketones is 1. The molecule has 0 aliphatic rings. The van der Waals surface area contributed by atoms with Crippen molar-refractivity contribution in [1.82, 2.24) is 15.8 Å². The molecule has 0 fully saturated rings. The van der Waals surface area contributed by atoms with Crippen LogP contribution >= 0.6 is 0 Å². The number of pyridine rings is 1. The number of Topliss-reactive ketones (excluding diaryl/α,β-unsaturated/α-hetero) is 1. The molecule has 2 N–H and O–H groups in total. The third kappa shape index (κ3) is 5.86. The third-order valence-electron chi connectivity index (χ3n) is 3.85. The van der Waals surface area contributed by atoms with E-state index in [1.165, 1.54) is 6.92 Å². The number of carbonyl (C=O) groups is 3. The van der Waals surface area contributed by atoms with Gasteiger partial charge >= 0.3 is 18.4 Å². The minimum atomic E-state index is -5.38. The summed E-state index contributed by atoms with van der Waals surface area (Å²) in [6, 6.07) is 1.66. The van der Waals surface area contributed by atoms with E-state index in [0.29, 0.717) is 6.07 Å². The number of alkyl halides is 6. The first-order valence-electron chi connectivity index (χ1n) is 8.83. The molecule has 7 nitrogen and oxygen atoms in total. The van der Waals surface area contributed by atoms with E-state index in [4.69, 9.17) is 4.74 Å². The summed E-state index contributed by atoms with van der Waals surface area (Å²) in [7, 11) is 0. The van der Waals surface area contributed by atoms with Crippen LogP contribution in [0.15, 0.2) is 18.2 Å². The van der Waals surface area contributed by atoms with E-state index in [1.54, 1.807) is 20.8 Å². The lowest BCUT2D eigenvalue weighted by Gasteiger charge is -2.19. The molecule has 13 heteroatoms. The third-order valence-corrected chi connectivity index (χ3v) is 3.85. The SMILES string of the molecule is Cc1cc(C(=O)NNC(=O)OC(C)(C)C)nc2c(C(F)(F)F)cc(C(=O)C(F)(F)F)cc12. The van der Waals surface area contributed by atoms with Crippen molar-refractivity contribution in [2.24, 2.45) is 0 Å². The van der Waals surface area contributed by atoms with Gasteiger partial charge in [0.2, 0.25) is 0 Å². The van der Waals surface area contributed by atoms with Crippen LogP contribution in [0.3, 0.4) is 0 Å². The Morgan fingerprint density at radius 1 is 0.938 bits per heavy atom. The Morgan fingerprint density at radius 2 is 1.53 bits per heavy atom. The second kappa shape index (κ2) is 8.28. The number of ether oxygens (including phenoxy) is 1. The lowest BCUT2D eigenvalue weighted by Crippen LogP contribution is -2.44. The zero-order valence-electron chi connectivity index (χ0n) is 17.1. The quantitative estimate of drug-likeness (QED) is 0.387. The van der Waals surface area contributed by atoms with Crippen molar-refractivity contribution in [3.8, 4) is 0 Å². The minimum Gasteiger partial charge on any atom is -0.443 e. The van der Waals surface area contributed by atoms with Gasteiger partial charge in [0.05, 0.1) is 11.1 Å². The highest BCUT2D eigenvalue weighted by Crippen LogP contribution is 2.37. The Kier molecular flexibility index (Phi) is 6.44. The predicted molar refractivity (Wildman–Crippen MR) is 98.7 cm³/mol. The maximum Gasteiger partial charge on any atom is 0.454 e. The smallest absolute Gasteiger partial charge is 0.443 e. The number of rotatable bonds is 2. The molecule has 0 radical (unpaired) electrons. The number of aromatic nitrogens is 1. The minimum absolute atomic E-state index is 0.0330. The number of hydrazine groups is 1. The topological polar surface area (TPSA) is 97.4 Å². The van der Waals surface area contributed by atoms with E-state index in [1.807, 2.05) is 10.9 Å². The summed E-state index contributed by atoms with van der Waals surface area (Å²) >= 11 is 0. The first-order valence-corrected chi connectivity index (χ1v) is 8.83. The highest BCUT2D eigenvalue weighted by molar-refractivity contribution is 6.05. The molecular formula is C19H17F6N3O4. The van der Waals surface area contributed by atoms with Gasteiger partial charge in [-0.1, -0.05) is 0 Å². The summed E-state index contributed by atoms with van der Waals surface area (Å²) in [4.78, 5) is 38.9. The first-order chi connectivity index (χ1) is 14.4. The van der Waals surface area contributed by atoms with Gasteiger partial charge in [-0.3, -0.25) is 15.0 Å². The molecule has 0 bridgehead atoms. The molecule has 0 aliphatic heterocycles. The fourth-order valence-corrected chi connectivity index (χ4v) is 2.59. The van der Waals surface area contributed by atoms with Crippen LogP contribution < -0.4 is 10.9 Å². The number of fused-ring (bicyclic) bond motifs is 1. The van der Waals surface area contributed by atoms with Crippen molar-refractivity contribution < 1.29 is 45.5 Å².